The van der Waals surface area contributed by atoms with Gasteiger partial charge in [-0.05, 0) is 88.3 Å². The highest BCUT2D eigenvalue weighted by molar-refractivity contribution is 5.85. The van der Waals surface area contributed by atoms with E-state index >= 15 is 0 Å². The fourth-order valence-electron chi connectivity index (χ4n) is 6.20. The van der Waals surface area contributed by atoms with Gasteiger partial charge in [-0.1, -0.05) is 6.07 Å². The zero-order valence-corrected chi connectivity index (χ0v) is 20.8. The molecule has 2 unspecified atom stereocenters. The van der Waals surface area contributed by atoms with Crippen LogP contribution in [0.1, 0.15) is 57.9 Å². The highest BCUT2D eigenvalue weighted by atomic mass is 19.1. The fourth-order valence-corrected chi connectivity index (χ4v) is 6.20. The number of carbonyl (C=O) groups is 1. The minimum absolute atomic E-state index is 0.0757. The Labute approximate surface area is 206 Å². The van der Waals surface area contributed by atoms with Crippen molar-refractivity contribution >= 4 is 11.5 Å². The lowest BCUT2D eigenvalue weighted by atomic mass is 9.76. The van der Waals surface area contributed by atoms with Gasteiger partial charge in [-0.15, -0.1) is 0 Å². The molecule has 2 heterocycles. The molecule has 0 amide bonds. The third-order valence-corrected chi connectivity index (χ3v) is 8.37. The molecule has 0 bridgehead atoms. The van der Waals surface area contributed by atoms with Gasteiger partial charge in [0.25, 0.3) is 0 Å². The number of Topliss-reactive ketones (excluding diaryl/α,β-unsaturated/α-hetero) is 1. The van der Waals surface area contributed by atoms with Crippen molar-refractivity contribution in [2.75, 3.05) is 24.5 Å². The largest absolute Gasteiger partial charge is 0.368 e. The van der Waals surface area contributed by atoms with E-state index in [1.165, 1.54) is 24.3 Å². The van der Waals surface area contributed by atoms with Gasteiger partial charge in [-0.2, -0.15) is 0 Å². The second-order valence-electron chi connectivity index (χ2n) is 11.7. The van der Waals surface area contributed by atoms with E-state index in [1.54, 1.807) is 0 Å². The number of rotatable bonds is 5. The SMILES string of the molecule is CC(C)(C)N1C[C@@H](C(=O)C2CCN(c3ccc(F)cc3)C(C3CC3)C2)[C@H](c2ccc(F)cc2F)C1. The average Bonchev–Trinajstić information content (AvgIpc) is 3.56. The van der Waals surface area contributed by atoms with E-state index in [2.05, 4.69) is 30.6 Å². The van der Waals surface area contributed by atoms with Crippen LogP contribution in [0.2, 0.25) is 0 Å². The number of piperidine rings is 1. The summed E-state index contributed by atoms with van der Waals surface area (Å²) in [6.07, 6.45) is 3.84. The number of carbonyl (C=O) groups excluding carboxylic acids is 1. The molecule has 4 atom stereocenters. The molecule has 3 nitrogen and oxygen atoms in total. The van der Waals surface area contributed by atoms with Crippen LogP contribution in [0.25, 0.3) is 0 Å². The first-order valence-corrected chi connectivity index (χ1v) is 12.9. The van der Waals surface area contributed by atoms with Gasteiger partial charge in [0.15, 0.2) is 0 Å². The van der Waals surface area contributed by atoms with E-state index in [4.69, 9.17) is 0 Å². The average molecular weight is 485 g/mol. The predicted molar refractivity (Wildman–Crippen MR) is 132 cm³/mol. The summed E-state index contributed by atoms with van der Waals surface area (Å²) >= 11 is 0. The molecule has 0 N–H and O–H groups in total. The first-order valence-electron chi connectivity index (χ1n) is 12.9. The maximum Gasteiger partial charge on any atom is 0.141 e. The Balaban J connectivity index is 1.39. The van der Waals surface area contributed by atoms with Crippen LogP contribution in [-0.2, 0) is 4.79 Å². The summed E-state index contributed by atoms with van der Waals surface area (Å²) in [6, 6.07) is 10.7. The van der Waals surface area contributed by atoms with Crippen molar-refractivity contribution in [1.82, 2.24) is 4.90 Å². The van der Waals surface area contributed by atoms with Crippen LogP contribution in [0.15, 0.2) is 42.5 Å². The highest BCUT2D eigenvalue weighted by Crippen LogP contribution is 2.45. The molecule has 5 rings (SSSR count). The molecule has 1 saturated carbocycles. The van der Waals surface area contributed by atoms with Crippen LogP contribution in [0.3, 0.4) is 0 Å². The first-order chi connectivity index (χ1) is 16.6. The zero-order valence-electron chi connectivity index (χ0n) is 20.8. The maximum absolute atomic E-state index is 14.8. The molecule has 188 valence electrons. The van der Waals surface area contributed by atoms with Crippen molar-refractivity contribution in [2.24, 2.45) is 17.8 Å². The standard InChI is InChI=1S/C29H35F3N2O/c1-29(2,3)33-16-24(23-11-8-21(31)15-26(23)32)25(17-33)28(35)19-12-13-34(27(14-19)18-4-5-18)22-9-6-20(30)7-10-22/h6-11,15,18-19,24-25,27H,4-5,12-14,16-17H2,1-3H3/t19?,24-,25+,27?/m0/s1. The summed E-state index contributed by atoms with van der Waals surface area (Å²) in [5.74, 6) is -1.29. The summed E-state index contributed by atoms with van der Waals surface area (Å²) in [6.45, 7) is 8.28. The van der Waals surface area contributed by atoms with Gasteiger partial charge in [-0.3, -0.25) is 9.69 Å². The van der Waals surface area contributed by atoms with Gasteiger partial charge in [0.1, 0.15) is 23.2 Å². The predicted octanol–water partition coefficient (Wildman–Crippen LogP) is 6.18. The Hall–Kier alpha value is -2.34. The molecule has 6 heteroatoms. The molecule has 35 heavy (non-hydrogen) atoms. The van der Waals surface area contributed by atoms with Crippen LogP contribution in [0.4, 0.5) is 18.9 Å². The number of ketones is 1. The molecule has 3 fully saturated rings. The quantitative estimate of drug-likeness (QED) is 0.506. The number of anilines is 1. The minimum Gasteiger partial charge on any atom is -0.368 e. The van der Waals surface area contributed by atoms with Crippen molar-refractivity contribution < 1.29 is 18.0 Å². The van der Waals surface area contributed by atoms with Gasteiger partial charge in [0.05, 0.1) is 0 Å². The lowest BCUT2D eigenvalue weighted by molar-refractivity contribution is -0.127. The number of halogens is 3. The summed E-state index contributed by atoms with van der Waals surface area (Å²) in [4.78, 5) is 18.6. The molecule has 0 aromatic heterocycles. The molecule has 1 aliphatic carbocycles. The van der Waals surface area contributed by atoms with Gasteiger partial charge in [-0.25, -0.2) is 13.2 Å². The Morgan fingerprint density at radius 3 is 2.23 bits per heavy atom. The monoisotopic (exact) mass is 484 g/mol. The topological polar surface area (TPSA) is 23.6 Å². The highest BCUT2D eigenvalue weighted by Gasteiger charge is 2.47. The molecule has 2 aromatic carbocycles. The van der Waals surface area contributed by atoms with Crippen LogP contribution in [0.5, 0.6) is 0 Å². The summed E-state index contributed by atoms with van der Waals surface area (Å²) in [5, 5.41) is 0. The molecule has 2 aliphatic heterocycles. The Bertz CT molecular complexity index is 1080. The van der Waals surface area contributed by atoms with Gasteiger partial charge in [0.2, 0.25) is 0 Å². The van der Waals surface area contributed by atoms with Crippen LogP contribution in [0, 0.1) is 35.2 Å². The van der Waals surface area contributed by atoms with Gasteiger partial charge >= 0.3 is 0 Å². The lowest BCUT2D eigenvalue weighted by Gasteiger charge is -2.42. The molecule has 3 aliphatic rings. The summed E-state index contributed by atoms with van der Waals surface area (Å²) in [7, 11) is 0. The van der Waals surface area contributed by atoms with Crippen molar-refractivity contribution in [3.8, 4) is 0 Å². The number of benzene rings is 2. The number of nitrogens with zero attached hydrogens (tertiary/aromatic N) is 2. The van der Waals surface area contributed by atoms with Crippen LogP contribution >= 0.6 is 0 Å². The smallest absolute Gasteiger partial charge is 0.141 e. The number of hydrogen-bond acceptors (Lipinski definition) is 3. The van der Waals surface area contributed by atoms with Crippen LogP contribution < -0.4 is 4.90 Å². The van der Waals surface area contributed by atoms with E-state index in [-0.39, 0.29) is 40.9 Å². The third kappa shape index (κ3) is 5.00. The molecule has 0 radical (unpaired) electrons. The van der Waals surface area contributed by atoms with Crippen molar-refractivity contribution in [3.05, 3.63) is 65.5 Å². The maximum atomic E-state index is 14.8. The number of likely N-dealkylation sites (tertiary alicyclic amines) is 1. The van der Waals surface area contributed by atoms with E-state index in [9.17, 15) is 18.0 Å². The van der Waals surface area contributed by atoms with Gasteiger partial charge in [0, 0.05) is 60.7 Å². The Kier molecular flexibility index (Phi) is 6.45. The molecule has 2 aromatic rings. The van der Waals surface area contributed by atoms with Crippen LogP contribution in [-0.4, -0.2) is 41.9 Å². The summed E-state index contributed by atoms with van der Waals surface area (Å²) in [5.41, 5.74) is 1.31. The van der Waals surface area contributed by atoms with E-state index in [0.717, 1.165) is 44.0 Å². The van der Waals surface area contributed by atoms with E-state index in [0.29, 0.717) is 24.6 Å². The fraction of sp³-hybridized carbons (Fsp3) is 0.552. The van der Waals surface area contributed by atoms with E-state index in [1.807, 2.05) is 12.1 Å². The second kappa shape index (κ2) is 9.27. The van der Waals surface area contributed by atoms with Gasteiger partial charge < -0.3 is 4.90 Å². The van der Waals surface area contributed by atoms with E-state index < -0.39 is 11.6 Å². The molecule has 0 spiro atoms. The Morgan fingerprint density at radius 2 is 1.60 bits per heavy atom. The zero-order chi connectivity index (χ0) is 24.9. The first kappa shape index (κ1) is 24.4. The van der Waals surface area contributed by atoms with Crippen molar-refractivity contribution in [2.45, 2.75) is 64.0 Å². The lowest BCUT2D eigenvalue weighted by Crippen LogP contribution is -2.47. The molecule has 2 saturated heterocycles. The number of hydrogen-bond donors (Lipinski definition) is 0. The molecular weight excluding hydrogens is 449 g/mol. The van der Waals surface area contributed by atoms with Crippen molar-refractivity contribution in [1.29, 1.82) is 0 Å². The third-order valence-electron chi connectivity index (χ3n) is 8.37. The molecular formula is C29H35F3N2O. The second-order valence-corrected chi connectivity index (χ2v) is 11.7. The van der Waals surface area contributed by atoms with Crippen molar-refractivity contribution in [3.63, 3.8) is 0 Å². The minimum atomic E-state index is -0.597. The normalized spacial score (nSPS) is 27.9. The Morgan fingerprint density at radius 1 is 0.914 bits per heavy atom. The summed E-state index contributed by atoms with van der Waals surface area (Å²) < 4.78 is 42.0.